The number of aryl methyl sites for hydroxylation is 1. The maximum Gasteiger partial charge on any atom is 0.314 e. The van der Waals surface area contributed by atoms with Crippen LogP contribution < -0.4 is 0 Å². The Hall–Kier alpha value is -2.30. The number of carboxylic acids is 1. The first kappa shape index (κ1) is 12.7. The number of carboxylic acid groups (broad SMARTS) is 1. The summed E-state index contributed by atoms with van der Waals surface area (Å²) in [6, 6.07) is 6.99. The van der Waals surface area contributed by atoms with E-state index in [4.69, 9.17) is 0 Å². The highest BCUT2D eigenvalue weighted by Crippen LogP contribution is 2.27. The molecule has 2 aromatic rings. The Morgan fingerprint density at radius 1 is 1.35 bits per heavy atom. The van der Waals surface area contributed by atoms with E-state index in [1.165, 1.54) is 0 Å². The van der Waals surface area contributed by atoms with Gasteiger partial charge in [0.15, 0.2) is 0 Å². The molecule has 5 heteroatoms. The second kappa shape index (κ2) is 5.00. The first-order valence-electron chi connectivity index (χ1n) is 6.70. The van der Waals surface area contributed by atoms with E-state index in [1.807, 2.05) is 22.9 Å². The third kappa shape index (κ3) is 2.39. The van der Waals surface area contributed by atoms with E-state index in [2.05, 4.69) is 4.98 Å². The van der Waals surface area contributed by atoms with Crippen molar-refractivity contribution < 1.29 is 15.0 Å². The number of aliphatic carboxylic acids is 1. The van der Waals surface area contributed by atoms with Gasteiger partial charge in [0.1, 0.15) is 17.5 Å². The molecule has 0 saturated carbocycles. The number of benzene rings is 1. The minimum atomic E-state index is -0.798. The van der Waals surface area contributed by atoms with Gasteiger partial charge < -0.3 is 14.8 Å². The van der Waals surface area contributed by atoms with Crippen molar-refractivity contribution in [1.82, 2.24) is 9.55 Å². The van der Waals surface area contributed by atoms with Crippen LogP contribution in [0.3, 0.4) is 0 Å². The van der Waals surface area contributed by atoms with Gasteiger partial charge in [-0.05, 0) is 30.5 Å². The first-order valence-corrected chi connectivity index (χ1v) is 6.70. The molecule has 2 heterocycles. The SMILES string of the molecule is O=C(O)C1CCCn2cc(Cc3ccc(O)cc3)nc21. The zero-order chi connectivity index (χ0) is 14.1. The van der Waals surface area contributed by atoms with Crippen LogP contribution in [0.4, 0.5) is 0 Å². The van der Waals surface area contributed by atoms with Crippen molar-refractivity contribution in [3.63, 3.8) is 0 Å². The quantitative estimate of drug-likeness (QED) is 0.897. The van der Waals surface area contributed by atoms with Crippen LogP contribution in [0.15, 0.2) is 30.5 Å². The summed E-state index contributed by atoms with van der Waals surface area (Å²) in [6.45, 7) is 0.835. The maximum absolute atomic E-state index is 11.2. The Bertz CT molecular complexity index is 631. The lowest BCUT2D eigenvalue weighted by Crippen LogP contribution is -2.21. The van der Waals surface area contributed by atoms with Gasteiger partial charge in [-0.3, -0.25) is 4.79 Å². The number of hydrogen-bond donors (Lipinski definition) is 2. The van der Waals surface area contributed by atoms with Gasteiger partial charge in [-0.2, -0.15) is 0 Å². The fraction of sp³-hybridized carbons (Fsp3) is 0.333. The Balaban J connectivity index is 1.85. The molecule has 5 nitrogen and oxygen atoms in total. The Morgan fingerprint density at radius 3 is 2.80 bits per heavy atom. The van der Waals surface area contributed by atoms with Gasteiger partial charge in [0, 0.05) is 19.2 Å². The van der Waals surface area contributed by atoms with Crippen LogP contribution in [0.2, 0.25) is 0 Å². The molecule has 2 N–H and O–H groups in total. The second-order valence-electron chi connectivity index (χ2n) is 5.16. The van der Waals surface area contributed by atoms with Crippen molar-refractivity contribution >= 4 is 5.97 Å². The number of aromatic hydroxyl groups is 1. The van der Waals surface area contributed by atoms with Crippen molar-refractivity contribution in [3.05, 3.63) is 47.5 Å². The van der Waals surface area contributed by atoms with Gasteiger partial charge in [-0.1, -0.05) is 12.1 Å². The zero-order valence-electron chi connectivity index (χ0n) is 11.0. The van der Waals surface area contributed by atoms with Gasteiger partial charge in [0.2, 0.25) is 0 Å². The summed E-state index contributed by atoms with van der Waals surface area (Å²) < 4.78 is 1.96. The van der Waals surface area contributed by atoms with Gasteiger partial charge >= 0.3 is 5.97 Å². The Labute approximate surface area is 116 Å². The average molecular weight is 272 g/mol. The van der Waals surface area contributed by atoms with Gasteiger partial charge in [0.05, 0.1) is 5.69 Å². The highest BCUT2D eigenvalue weighted by atomic mass is 16.4. The predicted molar refractivity (Wildman–Crippen MR) is 72.8 cm³/mol. The number of phenolic OH excluding ortho intramolecular Hbond substituents is 1. The highest BCUT2D eigenvalue weighted by Gasteiger charge is 2.28. The molecule has 3 rings (SSSR count). The van der Waals surface area contributed by atoms with Gasteiger partial charge in [-0.15, -0.1) is 0 Å². The van der Waals surface area contributed by atoms with Crippen molar-refractivity contribution in [2.45, 2.75) is 31.7 Å². The zero-order valence-corrected chi connectivity index (χ0v) is 11.0. The topological polar surface area (TPSA) is 75.3 Å². The van der Waals surface area contributed by atoms with Crippen molar-refractivity contribution in [1.29, 1.82) is 0 Å². The maximum atomic E-state index is 11.2. The summed E-state index contributed by atoms with van der Waals surface area (Å²) in [5, 5.41) is 18.5. The smallest absolute Gasteiger partial charge is 0.314 e. The fourth-order valence-electron chi connectivity index (χ4n) is 2.68. The summed E-state index contributed by atoms with van der Waals surface area (Å²) in [4.78, 5) is 15.7. The van der Waals surface area contributed by atoms with E-state index in [0.29, 0.717) is 18.7 Å². The lowest BCUT2D eigenvalue weighted by Gasteiger charge is -2.19. The van der Waals surface area contributed by atoms with E-state index >= 15 is 0 Å². The molecule has 0 amide bonds. The average Bonchev–Trinajstić information content (AvgIpc) is 2.83. The summed E-state index contributed by atoms with van der Waals surface area (Å²) >= 11 is 0. The molecule has 1 aliphatic heterocycles. The van der Waals surface area contributed by atoms with Crippen LogP contribution >= 0.6 is 0 Å². The molecule has 0 radical (unpaired) electrons. The minimum Gasteiger partial charge on any atom is -0.508 e. The molecule has 1 aromatic heterocycles. The molecule has 1 aromatic carbocycles. The van der Waals surface area contributed by atoms with E-state index in [-0.39, 0.29) is 5.75 Å². The van der Waals surface area contributed by atoms with E-state index < -0.39 is 11.9 Å². The number of fused-ring (bicyclic) bond motifs is 1. The molecular weight excluding hydrogens is 256 g/mol. The van der Waals surface area contributed by atoms with Crippen LogP contribution in [-0.4, -0.2) is 25.7 Å². The van der Waals surface area contributed by atoms with E-state index in [9.17, 15) is 15.0 Å². The Morgan fingerprint density at radius 2 is 2.10 bits per heavy atom. The summed E-state index contributed by atoms with van der Waals surface area (Å²) in [5.74, 6) is -0.383. The minimum absolute atomic E-state index is 0.240. The number of hydrogen-bond acceptors (Lipinski definition) is 3. The van der Waals surface area contributed by atoms with Crippen molar-refractivity contribution in [3.8, 4) is 5.75 Å². The van der Waals surface area contributed by atoms with Gasteiger partial charge in [-0.25, -0.2) is 4.98 Å². The van der Waals surface area contributed by atoms with Crippen molar-refractivity contribution in [2.75, 3.05) is 0 Å². The van der Waals surface area contributed by atoms with Gasteiger partial charge in [0.25, 0.3) is 0 Å². The third-order valence-electron chi connectivity index (χ3n) is 3.68. The predicted octanol–water partition coefficient (Wildman–Crippen LogP) is 2.14. The van der Waals surface area contributed by atoms with Crippen LogP contribution in [-0.2, 0) is 17.8 Å². The van der Waals surface area contributed by atoms with Crippen molar-refractivity contribution in [2.24, 2.45) is 0 Å². The first-order chi connectivity index (χ1) is 9.63. The third-order valence-corrected chi connectivity index (χ3v) is 3.68. The molecule has 0 saturated heterocycles. The normalized spacial score (nSPS) is 17.7. The number of carbonyl (C=O) groups is 1. The highest BCUT2D eigenvalue weighted by molar-refractivity contribution is 5.75. The van der Waals surface area contributed by atoms with Crippen LogP contribution in [0.5, 0.6) is 5.75 Å². The molecule has 0 aliphatic carbocycles. The molecular formula is C15H16N2O3. The summed E-state index contributed by atoms with van der Waals surface area (Å²) in [5.41, 5.74) is 1.92. The molecule has 20 heavy (non-hydrogen) atoms. The lowest BCUT2D eigenvalue weighted by atomic mass is 9.99. The van der Waals surface area contributed by atoms with Crippen LogP contribution in [0, 0.1) is 0 Å². The second-order valence-corrected chi connectivity index (χ2v) is 5.16. The number of rotatable bonds is 3. The number of phenols is 1. The summed E-state index contributed by atoms with van der Waals surface area (Å²) in [6.07, 6.45) is 4.12. The van der Waals surface area contributed by atoms with E-state index in [1.54, 1.807) is 12.1 Å². The lowest BCUT2D eigenvalue weighted by molar-refractivity contribution is -0.139. The van der Waals surface area contributed by atoms with Crippen LogP contribution in [0.25, 0.3) is 0 Å². The standard InChI is InChI=1S/C15H16N2O3/c18-12-5-3-10(4-6-12)8-11-9-17-7-1-2-13(15(19)20)14(17)16-11/h3-6,9,13,18H,1-2,7-8H2,(H,19,20). The Kier molecular flexibility index (Phi) is 3.18. The van der Waals surface area contributed by atoms with Crippen LogP contribution in [0.1, 0.15) is 35.8 Å². The molecule has 104 valence electrons. The fourth-order valence-corrected chi connectivity index (χ4v) is 2.68. The number of imidazole rings is 1. The number of nitrogens with zero attached hydrogens (tertiary/aromatic N) is 2. The molecule has 0 spiro atoms. The molecule has 0 fully saturated rings. The molecule has 1 unspecified atom stereocenters. The largest absolute Gasteiger partial charge is 0.508 e. The number of aromatic nitrogens is 2. The molecule has 1 aliphatic rings. The summed E-state index contributed by atoms with van der Waals surface area (Å²) in [7, 11) is 0. The monoisotopic (exact) mass is 272 g/mol. The van der Waals surface area contributed by atoms with E-state index in [0.717, 1.165) is 24.2 Å². The molecule has 0 bridgehead atoms. The molecule has 1 atom stereocenters.